The van der Waals surface area contributed by atoms with Crippen LogP contribution in [0.25, 0.3) is 0 Å². The normalized spacial score (nSPS) is 13.9. The van der Waals surface area contributed by atoms with Crippen LogP contribution in [0.2, 0.25) is 0 Å². The van der Waals surface area contributed by atoms with Crippen molar-refractivity contribution in [3.05, 3.63) is 23.8 Å². The van der Waals surface area contributed by atoms with Crippen molar-refractivity contribution in [2.24, 2.45) is 5.73 Å². The summed E-state index contributed by atoms with van der Waals surface area (Å²) in [5, 5.41) is 9.56. The number of carbonyl (C=O) groups is 4. The predicted molar refractivity (Wildman–Crippen MR) is 126 cm³/mol. The zero-order valence-corrected chi connectivity index (χ0v) is 21.2. The second-order valence-electron chi connectivity index (χ2n) is 7.88. The summed E-state index contributed by atoms with van der Waals surface area (Å²) in [6.07, 6.45) is -2.59. The maximum Gasteiger partial charge on any atom is 0.513 e. The van der Waals surface area contributed by atoms with E-state index in [1.807, 2.05) is 6.92 Å². The number of carboxylic acid groups (broad SMARTS) is 1. The lowest BCUT2D eigenvalue weighted by molar-refractivity contribution is -0.139. The van der Waals surface area contributed by atoms with Crippen LogP contribution in [0.4, 0.5) is 14.4 Å². The number of hydrogen-bond acceptors (Lipinski definition) is 11. The van der Waals surface area contributed by atoms with Crippen LogP contribution in [-0.4, -0.2) is 61.0 Å². The van der Waals surface area contributed by atoms with Crippen LogP contribution in [0.5, 0.6) is 11.5 Å². The molecular formula is C24H35NO11. The van der Waals surface area contributed by atoms with Crippen LogP contribution >= 0.6 is 0 Å². The van der Waals surface area contributed by atoms with Gasteiger partial charge < -0.3 is 39.3 Å². The summed E-state index contributed by atoms with van der Waals surface area (Å²) in [5.41, 5.74) is 6.26. The minimum absolute atomic E-state index is 0.00164. The van der Waals surface area contributed by atoms with Crippen LogP contribution < -0.4 is 15.2 Å². The zero-order chi connectivity index (χ0) is 27.3. The fourth-order valence-electron chi connectivity index (χ4n) is 3.28. The number of hydrogen-bond donors (Lipinski definition) is 2. The fraction of sp³-hybridized carbons (Fsp3) is 0.583. The van der Waals surface area contributed by atoms with E-state index in [2.05, 4.69) is 0 Å². The molecule has 36 heavy (non-hydrogen) atoms. The molecule has 4 atom stereocenters. The van der Waals surface area contributed by atoms with Gasteiger partial charge in [0.15, 0.2) is 11.5 Å². The number of carboxylic acids is 1. The number of rotatable bonds is 13. The Morgan fingerprint density at radius 3 is 1.94 bits per heavy atom. The molecule has 1 aromatic rings. The van der Waals surface area contributed by atoms with E-state index in [0.29, 0.717) is 12.0 Å². The highest BCUT2D eigenvalue weighted by Crippen LogP contribution is 2.35. The zero-order valence-electron chi connectivity index (χ0n) is 21.2. The maximum absolute atomic E-state index is 12.1. The molecule has 0 spiro atoms. The Labute approximate surface area is 209 Å². The third kappa shape index (κ3) is 10.4. The SMILES string of the molecule is CCCC(C)OC(=O)OC(C)CC(c1ccc(OC(=O)OCC)c(OC(=O)OCC)c1)[C@H](N)C(=O)O. The van der Waals surface area contributed by atoms with Gasteiger partial charge in [0.05, 0.1) is 13.2 Å². The number of carbonyl (C=O) groups excluding carboxylic acids is 3. The van der Waals surface area contributed by atoms with E-state index in [1.165, 1.54) is 18.2 Å². The van der Waals surface area contributed by atoms with Crippen molar-refractivity contribution in [3.63, 3.8) is 0 Å². The van der Waals surface area contributed by atoms with Gasteiger partial charge in [0.1, 0.15) is 18.2 Å². The summed E-state index contributed by atoms with van der Waals surface area (Å²) in [7, 11) is 0. The van der Waals surface area contributed by atoms with Crippen LogP contribution in [0, 0.1) is 0 Å². The van der Waals surface area contributed by atoms with E-state index >= 15 is 0 Å². The lowest BCUT2D eigenvalue weighted by atomic mass is 9.87. The van der Waals surface area contributed by atoms with E-state index in [1.54, 1.807) is 27.7 Å². The molecule has 0 aromatic heterocycles. The number of nitrogens with two attached hydrogens (primary N) is 1. The largest absolute Gasteiger partial charge is 0.513 e. The second kappa shape index (κ2) is 15.5. The van der Waals surface area contributed by atoms with Gasteiger partial charge in [0.25, 0.3) is 0 Å². The summed E-state index contributed by atoms with van der Waals surface area (Å²) in [6, 6.07) is 2.65. The average Bonchev–Trinajstić information content (AvgIpc) is 2.78. The van der Waals surface area contributed by atoms with Gasteiger partial charge in [-0.2, -0.15) is 0 Å². The minimum Gasteiger partial charge on any atom is -0.480 e. The van der Waals surface area contributed by atoms with Crippen molar-refractivity contribution in [2.45, 2.75) is 78.0 Å². The summed E-state index contributed by atoms with van der Waals surface area (Å²) in [6.45, 7) is 8.51. The first-order valence-corrected chi connectivity index (χ1v) is 11.7. The average molecular weight is 514 g/mol. The quantitative estimate of drug-likeness (QED) is 0.217. The van der Waals surface area contributed by atoms with Gasteiger partial charge in [-0.25, -0.2) is 14.4 Å². The van der Waals surface area contributed by atoms with E-state index < -0.39 is 42.5 Å². The molecule has 0 amide bonds. The number of benzene rings is 1. The molecular weight excluding hydrogens is 478 g/mol. The maximum atomic E-state index is 12.1. The standard InChI is InChI=1S/C24H35NO11/c1-6-9-14(4)33-24(30)34-15(5)12-17(20(25)21(26)27)16-10-11-18(35-22(28)31-7-2)19(13-16)36-23(29)32-8-3/h10-11,13-15,17,20H,6-9,12,25H2,1-5H3,(H,26,27)/t14?,15?,17?,20-/m0/s1. The van der Waals surface area contributed by atoms with Gasteiger partial charge in [0, 0.05) is 5.92 Å². The third-order valence-electron chi connectivity index (χ3n) is 4.90. The van der Waals surface area contributed by atoms with Gasteiger partial charge in [-0.15, -0.1) is 0 Å². The monoisotopic (exact) mass is 513 g/mol. The molecule has 0 fully saturated rings. The summed E-state index contributed by atoms with van der Waals surface area (Å²) in [5.74, 6) is -2.57. The van der Waals surface area contributed by atoms with E-state index in [4.69, 9.17) is 34.2 Å². The Bertz CT molecular complexity index is 889. The fourth-order valence-corrected chi connectivity index (χ4v) is 3.28. The molecule has 0 aliphatic heterocycles. The molecule has 0 heterocycles. The molecule has 3 unspecified atom stereocenters. The van der Waals surface area contributed by atoms with Gasteiger partial charge in [0.2, 0.25) is 0 Å². The van der Waals surface area contributed by atoms with Crippen molar-refractivity contribution in [1.29, 1.82) is 0 Å². The van der Waals surface area contributed by atoms with Crippen LogP contribution in [0.15, 0.2) is 18.2 Å². The molecule has 0 aliphatic rings. The molecule has 0 saturated carbocycles. The first kappa shape index (κ1) is 30.5. The van der Waals surface area contributed by atoms with Crippen molar-refractivity contribution in [2.75, 3.05) is 13.2 Å². The van der Waals surface area contributed by atoms with Gasteiger partial charge in [-0.3, -0.25) is 4.79 Å². The minimum atomic E-state index is -1.40. The number of aliphatic carboxylic acids is 1. The molecule has 0 saturated heterocycles. The van der Waals surface area contributed by atoms with Crippen molar-refractivity contribution >= 4 is 24.4 Å². The molecule has 202 valence electrons. The lowest BCUT2D eigenvalue weighted by Crippen LogP contribution is -2.38. The van der Waals surface area contributed by atoms with Crippen molar-refractivity contribution in [1.82, 2.24) is 0 Å². The van der Waals surface area contributed by atoms with E-state index in [0.717, 1.165) is 6.42 Å². The summed E-state index contributed by atoms with van der Waals surface area (Å²) >= 11 is 0. The van der Waals surface area contributed by atoms with Crippen LogP contribution in [0.1, 0.15) is 65.4 Å². The molecule has 1 aromatic carbocycles. The van der Waals surface area contributed by atoms with E-state index in [-0.39, 0.29) is 37.2 Å². The third-order valence-corrected chi connectivity index (χ3v) is 4.90. The Morgan fingerprint density at radius 1 is 0.861 bits per heavy atom. The molecule has 1 rings (SSSR count). The molecule has 3 N–H and O–H groups in total. The molecule has 12 heteroatoms. The molecule has 0 aliphatic carbocycles. The Hall–Kier alpha value is -3.54. The lowest BCUT2D eigenvalue weighted by Gasteiger charge is -2.25. The highest BCUT2D eigenvalue weighted by atomic mass is 16.7. The molecule has 0 radical (unpaired) electrons. The summed E-state index contributed by atoms with van der Waals surface area (Å²) in [4.78, 5) is 47.5. The van der Waals surface area contributed by atoms with Crippen LogP contribution in [0.3, 0.4) is 0 Å². The summed E-state index contributed by atoms with van der Waals surface area (Å²) < 4.78 is 30.2. The highest BCUT2D eigenvalue weighted by Gasteiger charge is 2.30. The highest BCUT2D eigenvalue weighted by molar-refractivity contribution is 5.75. The van der Waals surface area contributed by atoms with E-state index in [9.17, 15) is 24.3 Å². The van der Waals surface area contributed by atoms with Crippen molar-refractivity contribution < 1.29 is 52.7 Å². The first-order chi connectivity index (χ1) is 17.0. The Morgan fingerprint density at radius 2 is 1.42 bits per heavy atom. The second-order valence-corrected chi connectivity index (χ2v) is 7.88. The smallest absolute Gasteiger partial charge is 0.480 e. The van der Waals surface area contributed by atoms with Gasteiger partial charge in [-0.1, -0.05) is 19.4 Å². The predicted octanol–water partition coefficient (Wildman–Crippen LogP) is 4.37. The number of ether oxygens (including phenoxy) is 6. The van der Waals surface area contributed by atoms with Crippen LogP contribution in [-0.2, 0) is 23.7 Å². The van der Waals surface area contributed by atoms with Gasteiger partial charge >= 0.3 is 24.4 Å². The first-order valence-electron chi connectivity index (χ1n) is 11.7. The topological polar surface area (TPSA) is 170 Å². The van der Waals surface area contributed by atoms with Crippen molar-refractivity contribution in [3.8, 4) is 11.5 Å². The van der Waals surface area contributed by atoms with Gasteiger partial charge in [-0.05, 0) is 58.2 Å². The Balaban J connectivity index is 3.22. The molecule has 12 nitrogen and oxygen atoms in total. The molecule has 0 bridgehead atoms. The Kier molecular flexibility index (Phi) is 13.1.